The van der Waals surface area contributed by atoms with E-state index in [0.717, 1.165) is 5.56 Å². The van der Waals surface area contributed by atoms with Gasteiger partial charge in [0, 0.05) is 0 Å². The van der Waals surface area contributed by atoms with E-state index in [1.165, 1.54) is 12.3 Å². The molecular formula is C12H10O6. The molecule has 1 atom stereocenters. The van der Waals surface area contributed by atoms with Gasteiger partial charge in [0.1, 0.15) is 12.9 Å². The van der Waals surface area contributed by atoms with Crippen LogP contribution >= 0.6 is 0 Å². The number of rotatable bonds is 3. The molecule has 1 aromatic carbocycles. The third kappa shape index (κ3) is 2.10. The summed E-state index contributed by atoms with van der Waals surface area (Å²) in [6.07, 6.45) is 1.98. The molecular weight excluding hydrogens is 240 g/mol. The quantitative estimate of drug-likeness (QED) is 0.595. The molecule has 0 radical (unpaired) electrons. The Morgan fingerprint density at radius 3 is 3.06 bits per heavy atom. The summed E-state index contributed by atoms with van der Waals surface area (Å²) in [5, 5.41) is 0. The zero-order chi connectivity index (χ0) is 12.4. The lowest BCUT2D eigenvalue weighted by Crippen LogP contribution is -2.21. The number of carbonyl (C=O) groups is 1. The third-order valence-corrected chi connectivity index (χ3v) is 2.52. The Bertz CT molecular complexity index is 495. The van der Waals surface area contributed by atoms with Crippen LogP contribution in [0.1, 0.15) is 5.56 Å². The van der Waals surface area contributed by atoms with Crippen molar-refractivity contribution < 1.29 is 28.8 Å². The molecule has 0 aliphatic carbocycles. The lowest BCUT2D eigenvalue weighted by molar-refractivity contribution is -0.254. The lowest BCUT2D eigenvalue weighted by Gasteiger charge is -2.07. The maximum atomic E-state index is 11.5. The zero-order valence-electron chi connectivity index (χ0n) is 9.33. The van der Waals surface area contributed by atoms with Crippen LogP contribution in [0.2, 0.25) is 0 Å². The van der Waals surface area contributed by atoms with E-state index in [9.17, 15) is 4.79 Å². The van der Waals surface area contributed by atoms with E-state index in [2.05, 4.69) is 9.78 Å². The van der Waals surface area contributed by atoms with Crippen LogP contribution in [0.4, 0.5) is 0 Å². The number of ether oxygens (including phenoxy) is 3. The van der Waals surface area contributed by atoms with Crippen molar-refractivity contribution in [2.45, 2.75) is 12.7 Å². The number of hydrogen-bond donors (Lipinski definition) is 0. The van der Waals surface area contributed by atoms with E-state index in [-0.39, 0.29) is 13.4 Å². The number of hydrogen-bond acceptors (Lipinski definition) is 6. The average molecular weight is 250 g/mol. The molecule has 0 amide bonds. The van der Waals surface area contributed by atoms with Crippen LogP contribution in [0.15, 0.2) is 30.5 Å². The molecule has 0 bridgehead atoms. The van der Waals surface area contributed by atoms with E-state index < -0.39 is 12.1 Å². The maximum Gasteiger partial charge on any atom is 0.344 e. The number of fused-ring (bicyclic) bond motifs is 1. The Labute approximate surface area is 103 Å². The normalized spacial score (nSPS) is 19.7. The molecule has 0 N–H and O–H groups in total. The van der Waals surface area contributed by atoms with Gasteiger partial charge in [-0.05, 0) is 23.8 Å². The zero-order valence-corrected chi connectivity index (χ0v) is 9.33. The van der Waals surface area contributed by atoms with Gasteiger partial charge in [-0.1, -0.05) is 6.07 Å². The predicted molar refractivity (Wildman–Crippen MR) is 57.5 cm³/mol. The molecule has 1 aromatic rings. The van der Waals surface area contributed by atoms with E-state index in [0.29, 0.717) is 11.5 Å². The first-order chi connectivity index (χ1) is 8.83. The SMILES string of the molecule is O=C(OCc1ccc2c(c1)OCO2)C1C=COO1. The first kappa shape index (κ1) is 10.9. The van der Waals surface area contributed by atoms with Crippen LogP contribution in [0, 0.1) is 0 Å². The summed E-state index contributed by atoms with van der Waals surface area (Å²) >= 11 is 0. The predicted octanol–water partition coefficient (Wildman–Crippen LogP) is 1.30. The van der Waals surface area contributed by atoms with Gasteiger partial charge in [0.15, 0.2) is 11.5 Å². The Morgan fingerprint density at radius 2 is 2.22 bits per heavy atom. The van der Waals surface area contributed by atoms with E-state index in [4.69, 9.17) is 14.2 Å². The Hall–Kier alpha value is -2.21. The highest BCUT2D eigenvalue weighted by atomic mass is 17.2. The Morgan fingerprint density at radius 1 is 1.33 bits per heavy atom. The minimum absolute atomic E-state index is 0.142. The molecule has 6 heteroatoms. The van der Waals surface area contributed by atoms with Crippen molar-refractivity contribution in [3.05, 3.63) is 36.1 Å². The second-order valence-electron chi connectivity index (χ2n) is 3.74. The molecule has 18 heavy (non-hydrogen) atoms. The number of carbonyl (C=O) groups excluding carboxylic acids is 1. The van der Waals surface area contributed by atoms with Crippen molar-refractivity contribution in [2.24, 2.45) is 0 Å². The van der Waals surface area contributed by atoms with Gasteiger partial charge in [-0.25, -0.2) is 4.79 Å². The van der Waals surface area contributed by atoms with E-state index >= 15 is 0 Å². The summed E-state index contributed by atoms with van der Waals surface area (Å²) in [5.74, 6) is 0.853. The van der Waals surface area contributed by atoms with Gasteiger partial charge in [0.25, 0.3) is 0 Å². The van der Waals surface area contributed by atoms with Gasteiger partial charge >= 0.3 is 5.97 Å². The van der Waals surface area contributed by atoms with Gasteiger partial charge in [0.05, 0.1) is 0 Å². The molecule has 2 heterocycles. The van der Waals surface area contributed by atoms with Crippen molar-refractivity contribution in [3.8, 4) is 11.5 Å². The fourth-order valence-electron chi connectivity index (χ4n) is 1.61. The summed E-state index contributed by atoms with van der Waals surface area (Å²) < 4.78 is 15.5. The minimum Gasteiger partial charge on any atom is -0.459 e. The van der Waals surface area contributed by atoms with Crippen LogP contribution in [0.5, 0.6) is 11.5 Å². The van der Waals surface area contributed by atoms with Crippen molar-refractivity contribution in [1.82, 2.24) is 0 Å². The Kier molecular flexibility index (Phi) is 2.77. The highest BCUT2D eigenvalue weighted by molar-refractivity contribution is 5.77. The second-order valence-corrected chi connectivity index (χ2v) is 3.74. The van der Waals surface area contributed by atoms with Crippen molar-refractivity contribution in [1.29, 1.82) is 0 Å². The molecule has 0 fully saturated rings. The minimum atomic E-state index is -0.793. The average Bonchev–Trinajstić information content (AvgIpc) is 3.05. The van der Waals surface area contributed by atoms with E-state index in [1.54, 1.807) is 12.1 Å². The summed E-state index contributed by atoms with van der Waals surface area (Å²) in [5.41, 5.74) is 0.815. The smallest absolute Gasteiger partial charge is 0.344 e. The number of benzene rings is 1. The fourth-order valence-corrected chi connectivity index (χ4v) is 1.61. The first-order valence-corrected chi connectivity index (χ1v) is 5.37. The van der Waals surface area contributed by atoms with Crippen molar-refractivity contribution in [2.75, 3.05) is 6.79 Å². The van der Waals surface area contributed by atoms with Crippen LogP contribution < -0.4 is 9.47 Å². The second kappa shape index (κ2) is 4.58. The highest BCUT2D eigenvalue weighted by Gasteiger charge is 2.23. The molecule has 0 saturated heterocycles. The topological polar surface area (TPSA) is 63.2 Å². The molecule has 2 aliphatic rings. The molecule has 2 aliphatic heterocycles. The van der Waals surface area contributed by atoms with Gasteiger partial charge in [-0.2, -0.15) is 4.89 Å². The lowest BCUT2D eigenvalue weighted by atomic mass is 10.2. The van der Waals surface area contributed by atoms with Crippen LogP contribution in [-0.2, 0) is 25.9 Å². The van der Waals surface area contributed by atoms with Gasteiger partial charge in [-0.3, -0.25) is 0 Å². The van der Waals surface area contributed by atoms with E-state index in [1.807, 2.05) is 6.07 Å². The summed E-state index contributed by atoms with van der Waals surface area (Å²) in [7, 11) is 0. The van der Waals surface area contributed by atoms with Gasteiger partial charge in [-0.15, -0.1) is 0 Å². The molecule has 0 aromatic heterocycles. The van der Waals surface area contributed by atoms with Crippen molar-refractivity contribution in [3.63, 3.8) is 0 Å². The van der Waals surface area contributed by atoms with Crippen LogP contribution in [0.3, 0.4) is 0 Å². The maximum absolute atomic E-state index is 11.5. The summed E-state index contributed by atoms with van der Waals surface area (Å²) in [6.45, 7) is 0.361. The number of esters is 1. The van der Waals surface area contributed by atoms with Gasteiger partial charge in [0.2, 0.25) is 12.9 Å². The third-order valence-electron chi connectivity index (χ3n) is 2.52. The first-order valence-electron chi connectivity index (χ1n) is 5.37. The summed E-state index contributed by atoms with van der Waals surface area (Å²) in [6, 6.07) is 5.36. The molecule has 0 saturated carbocycles. The molecule has 94 valence electrons. The molecule has 1 unspecified atom stereocenters. The molecule has 6 nitrogen and oxygen atoms in total. The monoisotopic (exact) mass is 250 g/mol. The summed E-state index contributed by atoms with van der Waals surface area (Å²) in [4.78, 5) is 20.6. The standard InChI is InChI=1S/C12H10O6/c13-12(10-3-4-17-18-10)14-6-8-1-2-9-11(5-8)16-7-15-9/h1-5,10H,6-7H2. The Balaban J connectivity index is 1.59. The van der Waals surface area contributed by atoms with Crippen molar-refractivity contribution >= 4 is 5.97 Å². The molecule has 0 spiro atoms. The largest absolute Gasteiger partial charge is 0.459 e. The highest BCUT2D eigenvalue weighted by Crippen LogP contribution is 2.32. The molecule has 3 rings (SSSR count). The fraction of sp³-hybridized carbons (Fsp3) is 0.250. The van der Waals surface area contributed by atoms with Gasteiger partial charge < -0.3 is 19.1 Å². The van der Waals surface area contributed by atoms with Crippen LogP contribution in [-0.4, -0.2) is 18.9 Å². The van der Waals surface area contributed by atoms with Crippen LogP contribution in [0.25, 0.3) is 0 Å².